The number of nitrogens with one attached hydrogen (secondary N) is 1. The van der Waals surface area contributed by atoms with Gasteiger partial charge in [0.15, 0.2) is 0 Å². The maximum atomic E-state index is 11.9. The minimum Gasteiger partial charge on any atom is -0.399 e. The van der Waals surface area contributed by atoms with Crippen LogP contribution in [-0.2, 0) is 4.74 Å². The molecule has 0 heterocycles. The van der Waals surface area contributed by atoms with Crippen LogP contribution < -0.4 is 16.0 Å². The van der Waals surface area contributed by atoms with Gasteiger partial charge in [0.1, 0.15) is 0 Å². The first-order chi connectivity index (χ1) is 8.06. The summed E-state index contributed by atoms with van der Waals surface area (Å²) >= 11 is 0. The topological polar surface area (TPSA) is 67.6 Å². The number of ether oxygens (including phenoxy) is 1. The molecule has 3 N–H and O–H groups in total. The van der Waals surface area contributed by atoms with E-state index in [0.29, 0.717) is 24.4 Å². The van der Waals surface area contributed by atoms with Gasteiger partial charge in [-0.25, -0.2) is 0 Å². The van der Waals surface area contributed by atoms with Crippen molar-refractivity contribution in [3.63, 3.8) is 0 Å². The van der Waals surface area contributed by atoms with Gasteiger partial charge in [-0.1, -0.05) is 0 Å². The number of carbonyl (C=O) groups excluding carboxylic acids is 1. The van der Waals surface area contributed by atoms with E-state index in [9.17, 15) is 4.79 Å². The quantitative estimate of drug-likeness (QED) is 0.584. The summed E-state index contributed by atoms with van der Waals surface area (Å²) in [5.41, 5.74) is 7.69. The van der Waals surface area contributed by atoms with Crippen molar-refractivity contribution >= 4 is 17.3 Å². The van der Waals surface area contributed by atoms with E-state index < -0.39 is 0 Å². The molecule has 1 aromatic rings. The van der Waals surface area contributed by atoms with Gasteiger partial charge >= 0.3 is 0 Å². The molecule has 0 aliphatic rings. The fraction of sp³-hybridized carbons (Fsp3) is 0.417. The van der Waals surface area contributed by atoms with Gasteiger partial charge in [-0.05, 0) is 18.2 Å². The summed E-state index contributed by atoms with van der Waals surface area (Å²) in [5.74, 6) is -0.141. The summed E-state index contributed by atoms with van der Waals surface area (Å²) in [5, 5.41) is 2.78. The zero-order valence-electron chi connectivity index (χ0n) is 10.5. The van der Waals surface area contributed by atoms with E-state index >= 15 is 0 Å². The summed E-state index contributed by atoms with van der Waals surface area (Å²) in [6.07, 6.45) is 0. The molecule has 17 heavy (non-hydrogen) atoms. The summed E-state index contributed by atoms with van der Waals surface area (Å²) in [4.78, 5) is 13.8. The van der Waals surface area contributed by atoms with Crippen molar-refractivity contribution in [3.8, 4) is 0 Å². The first-order valence-electron chi connectivity index (χ1n) is 5.40. The van der Waals surface area contributed by atoms with Crippen molar-refractivity contribution in [1.29, 1.82) is 0 Å². The van der Waals surface area contributed by atoms with Crippen LogP contribution in [0.5, 0.6) is 0 Å². The molecular weight excluding hydrogens is 218 g/mol. The number of nitrogen functional groups attached to an aromatic ring is 1. The number of amides is 1. The molecule has 0 aliphatic heterocycles. The molecule has 0 bridgehead atoms. The Morgan fingerprint density at radius 3 is 2.76 bits per heavy atom. The lowest BCUT2D eigenvalue weighted by molar-refractivity contribution is 0.0937. The molecular formula is C12H19N3O2. The number of benzene rings is 1. The molecule has 1 aromatic carbocycles. The van der Waals surface area contributed by atoms with E-state index in [1.165, 1.54) is 0 Å². The monoisotopic (exact) mass is 237 g/mol. The van der Waals surface area contributed by atoms with E-state index in [1.54, 1.807) is 19.2 Å². The standard InChI is InChI=1S/C12H19N3O2/c1-15(2)11-5-4-9(13)8-10(11)12(16)14-6-7-17-3/h4-5,8H,6-7,13H2,1-3H3,(H,14,16). The Labute approximate surface area is 102 Å². The van der Waals surface area contributed by atoms with Gasteiger partial charge in [-0.15, -0.1) is 0 Å². The Kier molecular flexibility index (Phi) is 4.78. The van der Waals surface area contributed by atoms with E-state index in [2.05, 4.69) is 5.32 Å². The molecule has 0 saturated heterocycles. The molecule has 5 heteroatoms. The molecule has 0 radical (unpaired) electrons. The van der Waals surface area contributed by atoms with Gasteiger partial charge in [0, 0.05) is 39.1 Å². The van der Waals surface area contributed by atoms with Crippen molar-refractivity contribution in [1.82, 2.24) is 5.32 Å². The van der Waals surface area contributed by atoms with Gasteiger partial charge < -0.3 is 20.7 Å². The van der Waals surface area contributed by atoms with Gasteiger partial charge in [0.05, 0.1) is 12.2 Å². The minimum absolute atomic E-state index is 0.141. The highest BCUT2D eigenvalue weighted by Crippen LogP contribution is 2.21. The zero-order valence-corrected chi connectivity index (χ0v) is 10.5. The number of anilines is 2. The molecule has 0 unspecified atom stereocenters. The first kappa shape index (κ1) is 13.3. The highest BCUT2D eigenvalue weighted by molar-refractivity contribution is 6.00. The van der Waals surface area contributed by atoms with Gasteiger partial charge in [-0.2, -0.15) is 0 Å². The van der Waals surface area contributed by atoms with Crippen LogP contribution >= 0.6 is 0 Å². The largest absolute Gasteiger partial charge is 0.399 e. The Morgan fingerprint density at radius 2 is 2.18 bits per heavy atom. The Bertz CT molecular complexity index is 391. The lowest BCUT2D eigenvalue weighted by Gasteiger charge is -2.17. The van der Waals surface area contributed by atoms with Crippen LogP contribution in [-0.4, -0.2) is 40.3 Å². The average molecular weight is 237 g/mol. The Morgan fingerprint density at radius 1 is 1.47 bits per heavy atom. The molecule has 0 aliphatic carbocycles. The molecule has 0 fully saturated rings. The highest BCUT2D eigenvalue weighted by atomic mass is 16.5. The lowest BCUT2D eigenvalue weighted by Crippen LogP contribution is -2.28. The third kappa shape index (κ3) is 3.64. The predicted octanol–water partition coefficient (Wildman–Crippen LogP) is 0.711. The number of methoxy groups -OCH3 is 1. The van der Waals surface area contributed by atoms with E-state index in [1.807, 2.05) is 25.1 Å². The highest BCUT2D eigenvalue weighted by Gasteiger charge is 2.12. The third-order valence-corrected chi connectivity index (χ3v) is 2.34. The lowest BCUT2D eigenvalue weighted by atomic mass is 10.1. The molecule has 0 spiro atoms. The van der Waals surface area contributed by atoms with Crippen molar-refractivity contribution < 1.29 is 9.53 Å². The Hall–Kier alpha value is -1.75. The smallest absolute Gasteiger partial charge is 0.253 e. The average Bonchev–Trinajstić information content (AvgIpc) is 2.28. The van der Waals surface area contributed by atoms with E-state index in [0.717, 1.165) is 5.69 Å². The Balaban J connectivity index is 2.87. The second kappa shape index (κ2) is 6.10. The van der Waals surface area contributed by atoms with Crippen LogP contribution in [0.1, 0.15) is 10.4 Å². The number of nitrogens with two attached hydrogens (primary N) is 1. The molecule has 0 atom stereocenters. The summed E-state index contributed by atoms with van der Waals surface area (Å²) in [7, 11) is 5.37. The number of carbonyl (C=O) groups is 1. The number of rotatable bonds is 5. The molecule has 1 rings (SSSR count). The maximum absolute atomic E-state index is 11.9. The predicted molar refractivity (Wildman–Crippen MR) is 69.4 cm³/mol. The summed E-state index contributed by atoms with van der Waals surface area (Å²) < 4.78 is 4.88. The van der Waals surface area contributed by atoms with Gasteiger partial charge in [0.25, 0.3) is 5.91 Å². The van der Waals surface area contributed by atoms with Crippen molar-refractivity contribution in [3.05, 3.63) is 23.8 Å². The number of hydrogen-bond donors (Lipinski definition) is 2. The fourth-order valence-electron chi connectivity index (χ4n) is 1.49. The molecule has 0 saturated carbocycles. The van der Waals surface area contributed by atoms with Crippen LogP contribution in [0.15, 0.2) is 18.2 Å². The van der Waals surface area contributed by atoms with E-state index in [-0.39, 0.29) is 5.91 Å². The molecule has 94 valence electrons. The van der Waals surface area contributed by atoms with Crippen LogP contribution in [0.3, 0.4) is 0 Å². The fourth-order valence-corrected chi connectivity index (χ4v) is 1.49. The van der Waals surface area contributed by atoms with Crippen molar-refractivity contribution in [2.75, 3.05) is 45.0 Å². The number of nitrogens with zero attached hydrogens (tertiary/aromatic N) is 1. The third-order valence-electron chi connectivity index (χ3n) is 2.34. The van der Waals surface area contributed by atoms with Crippen LogP contribution in [0.2, 0.25) is 0 Å². The van der Waals surface area contributed by atoms with Gasteiger partial charge in [-0.3, -0.25) is 4.79 Å². The second-order valence-corrected chi connectivity index (χ2v) is 3.92. The molecule has 1 amide bonds. The normalized spacial score (nSPS) is 10.1. The second-order valence-electron chi connectivity index (χ2n) is 3.92. The summed E-state index contributed by atoms with van der Waals surface area (Å²) in [6.45, 7) is 0.975. The van der Waals surface area contributed by atoms with Crippen LogP contribution in [0.4, 0.5) is 11.4 Å². The van der Waals surface area contributed by atoms with Crippen LogP contribution in [0, 0.1) is 0 Å². The maximum Gasteiger partial charge on any atom is 0.253 e. The van der Waals surface area contributed by atoms with E-state index in [4.69, 9.17) is 10.5 Å². The summed E-state index contributed by atoms with van der Waals surface area (Å²) in [6, 6.07) is 5.29. The van der Waals surface area contributed by atoms with Crippen molar-refractivity contribution in [2.45, 2.75) is 0 Å². The number of hydrogen-bond acceptors (Lipinski definition) is 4. The first-order valence-corrected chi connectivity index (χ1v) is 5.40. The van der Waals surface area contributed by atoms with Crippen LogP contribution in [0.25, 0.3) is 0 Å². The molecule has 5 nitrogen and oxygen atoms in total. The van der Waals surface area contributed by atoms with Crippen molar-refractivity contribution in [2.24, 2.45) is 0 Å². The SMILES string of the molecule is COCCNC(=O)c1cc(N)ccc1N(C)C. The van der Waals surface area contributed by atoms with Gasteiger partial charge in [0.2, 0.25) is 0 Å². The zero-order chi connectivity index (χ0) is 12.8. The minimum atomic E-state index is -0.141. The molecule has 0 aromatic heterocycles.